The fourth-order valence-corrected chi connectivity index (χ4v) is 0.0962. The van der Waals surface area contributed by atoms with Crippen molar-refractivity contribution in [1.82, 2.24) is 0 Å². The highest BCUT2D eigenvalue weighted by molar-refractivity contribution is 4.58. The summed E-state index contributed by atoms with van der Waals surface area (Å²) in [5.74, 6) is 0. The summed E-state index contributed by atoms with van der Waals surface area (Å²) >= 11 is 0. The molecule has 96 valence electrons. The fraction of sp³-hybridized carbons (Fsp3) is 0.600. The monoisotopic (exact) mass is 236 g/mol. The Morgan fingerprint density at radius 2 is 1.25 bits per heavy atom. The van der Waals surface area contributed by atoms with Crippen LogP contribution in [0.15, 0.2) is 25.8 Å². The van der Waals surface area contributed by atoms with Crippen molar-refractivity contribution < 1.29 is 9.47 Å². The van der Waals surface area contributed by atoms with E-state index < -0.39 is 0 Å². The van der Waals surface area contributed by atoms with Crippen LogP contribution in [-0.4, -0.2) is 25.9 Å². The van der Waals surface area contributed by atoms with Crippen LogP contribution < -0.4 is 0 Å². The molecule has 2 fully saturated rings. The van der Waals surface area contributed by atoms with E-state index in [9.17, 15) is 0 Å². The van der Waals surface area contributed by atoms with Gasteiger partial charge in [0, 0.05) is 19.9 Å². The van der Waals surface area contributed by atoms with E-state index in [1.165, 1.54) is 0 Å². The van der Waals surface area contributed by atoms with Crippen LogP contribution in [0, 0.1) is 19.9 Å². The Hall–Kier alpha value is -1.40. The smallest absolute Gasteiger partial charge is 0.0781 e. The van der Waals surface area contributed by atoms with Crippen LogP contribution >= 0.6 is 0 Å². The minimum absolute atomic E-state index is 0.583. The summed E-state index contributed by atoms with van der Waals surface area (Å²) in [6, 6.07) is 0. The van der Waals surface area contributed by atoms with Crippen LogP contribution in [0.2, 0.25) is 0 Å². The average Bonchev–Trinajstić information content (AvgIpc) is 3.22. The van der Waals surface area contributed by atoms with Crippen molar-refractivity contribution in [1.29, 1.82) is 0 Å². The summed E-state index contributed by atoms with van der Waals surface area (Å²) in [7, 11) is 0. The molecule has 1 atom stereocenters. The number of hydrogen-bond donors (Lipinski definition) is 0. The largest absolute Gasteiger partial charge is 0.377 e. The lowest BCUT2D eigenvalue weighted by atomic mass is 10.6. The van der Waals surface area contributed by atoms with Crippen LogP contribution in [0.1, 0.15) is 13.8 Å². The van der Waals surface area contributed by atoms with Gasteiger partial charge in [0.2, 0.25) is 0 Å². The van der Waals surface area contributed by atoms with Crippen molar-refractivity contribution in [2.24, 2.45) is 0 Å². The minimum Gasteiger partial charge on any atom is -0.377 e. The fourth-order valence-electron chi connectivity index (χ4n) is 0.0962. The van der Waals surface area contributed by atoms with Gasteiger partial charge in [0.05, 0.1) is 25.9 Å². The van der Waals surface area contributed by atoms with Gasteiger partial charge in [-0.2, -0.15) is 0 Å². The van der Waals surface area contributed by atoms with Crippen LogP contribution in [0.25, 0.3) is 0 Å². The zero-order valence-corrected chi connectivity index (χ0v) is 9.85. The number of allylic oxidation sites excluding steroid dienone is 1. The molecule has 1 unspecified atom stereocenters. The summed E-state index contributed by atoms with van der Waals surface area (Å²) in [6.07, 6.45) is 2.33. The molecule has 2 aliphatic heterocycles. The summed E-state index contributed by atoms with van der Waals surface area (Å²) < 4.78 is 9.21. The number of epoxide rings is 2. The van der Waals surface area contributed by atoms with Gasteiger partial charge in [-0.1, -0.05) is 6.08 Å². The number of ether oxygens (including phenoxy) is 2. The summed E-state index contributed by atoms with van der Waals surface area (Å²) in [5.41, 5.74) is 0. The van der Waals surface area contributed by atoms with E-state index in [-0.39, 0.29) is 0 Å². The second-order valence-corrected chi connectivity index (χ2v) is 2.16. The summed E-state index contributed by atoms with van der Waals surface area (Å²) in [6.45, 7) is 16.3. The molecule has 0 aromatic carbocycles. The Balaban J connectivity index is -0.0000000559. The van der Waals surface area contributed by atoms with Gasteiger partial charge in [0.1, 0.15) is 0 Å². The third-order valence-electron chi connectivity index (χ3n) is 0.704. The normalized spacial score (nSPS) is 16.0. The molecule has 2 heterocycles. The van der Waals surface area contributed by atoms with E-state index in [4.69, 9.17) is 24.6 Å². The Labute approximate surface area is 95.8 Å². The zero-order valence-electron chi connectivity index (χ0n) is 9.85. The molecule has 2 saturated heterocycles. The van der Waals surface area contributed by atoms with Crippen molar-refractivity contribution in [2.45, 2.75) is 20.0 Å². The molecular formula is C10H20O6. The standard InChI is InChI=1S/C3H6O.C3H6.C2H4O.C2H4.2O2/c1-3-2-4-3;1-3-2;1-2-3-1;3*1-2/h3H,2H2,1H3;3H,1H2,2H3;1-2H2;1-2H2;;. The van der Waals surface area contributed by atoms with Crippen LogP contribution in [0.4, 0.5) is 0 Å². The van der Waals surface area contributed by atoms with E-state index in [2.05, 4.69) is 31.4 Å². The highest BCUT2D eigenvalue weighted by Crippen LogP contribution is 2.04. The van der Waals surface area contributed by atoms with Crippen LogP contribution in [0.5, 0.6) is 0 Å². The predicted octanol–water partition coefficient (Wildman–Crippen LogP) is 2.55. The lowest BCUT2D eigenvalue weighted by molar-refractivity contribution is 0.423. The maximum atomic E-state index is 7.00. The Bertz CT molecular complexity index is 106. The molecule has 0 aromatic heterocycles. The number of rotatable bonds is 0. The van der Waals surface area contributed by atoms with Crippen molar-refractivity contribution in [3.63, 3.8) is 0 Å². The third kappa shape index (κ3) is 251. The van der Waals surface area contributed by atoms with Gasteiger partial charge in [-0.15, -0.1) is 19.7 Å². The maximum Gasteiger partial charge on any atom is 0.0781 e. The molecule has 0 bridgehead atoms. The Morgan fingerprint density at radius 1 is 1.12 bits per heavy atom. The molecule has 0 radical (unpaired) electrons. The van der Waals surface area contributed by atoms with Gasteiger partial charge >= 0.3 is 0 Å². The first-order chi connectivity index (χ1) is 7.81. The number of hydrogen-bond acceptors (Lipinski definition) is 6. The first kappa shape index (κ1) is 24.0. The van der Waals surface area contributed by atoms with E-state index in [0.717, 1.165) is 19.8 Å². The zero-order chi connectivity index (χ0) is 13.8. The van der Waals surface area contributed by atoms with Crippen molar-refractivity contribution >= 4 is 0 Å². The molecule has 6 nitrogen and oxygen atoms in total. The molecule has 16 heavy (non-hydrogen) atoms. The molecule has 2 rings (SSSR count). The Kier molecular flexibility index (Phi) is 56.2. The average molecular weight is 236 g/mol. The lowest BCUT2D eigenvalue weighted by Crippen LogP contribution is -1.60. The third-order valence-corrected chi connectivity index (χ3v) is 0.704. The van der Waals surface area contributed by atoms with Gasteiger partial charge < -0.3 is 9.47 Å². The topological polar surface area (TPSA) is 93.3 Å². The molecule has 6 heteroatoms. The van der Waals surface area contributed by atoms with E-state index in [0.29, 0.717) is 6.10 Å². The molecular weight excluding hydrogens is 216 g/mol. The van der Waals surface area contributed by atoms with Gasteiger partial charge in [0.25, 0.3) is 0 Å². The first-order valence-electron chi connectivity index (χ1n) is 4.41. The predicted molar refractivity (Wildman–Crippen MR) is 66.8 cm³/mol. The quantitative estimate of drug-likeness (QED) is 0.474. The van der Waals surface area contributed by atoms with Crippen LogP contribution in [0.3, 0.4) is 0 Å². The molecule has 0 N–H and O–H groups in total. The molecule has 0 amide bonds. The highest BCUT2D eigenvalue weighted by atomic mass is 16.7. The maximum absolute atomic E-state index is 7.00. The van der Waals surface area contributed by atoms with Crippen molar-refractivity contribution in [2.75, 3.05) is 19.8 Å². The molecule has 0 aromatic rings. The van der Waals surface area contributed by atoms with E-state index >= 15 is 0 Å². The van der Waals surface area contributed by atoms with Crippen molar-refractivity contribution in [3.8, 4) is 0 Å². The van der Waals surface area contributed by atoms with E-state index in [1.54, 1.807) is 6.08 Å². The van der Waals surface area contributed by atoms with Gasteiger partial charge in [-0.05, 0) is 13.8 Å². The summed E-state index contributed by atoms with van der Waals surface area (Å²) in [4.78, 5) is 28.0. The van der Waals surface area contributed by atoms with E-state index in [1.807, 2.05) is 6.92 Å². The SMILES string of the molecule is C1CO1.C=C.C=CC.CC1CO1.O=O.O=O. The molecule has 0 aliphatic carbocycles. The second-order valence-electron chi connectivity index (χ2n) is 2.16. The summed E-state index contributed by atoms with van der Waals surface area (Å²) in [5, 5.41) is 0. The van der Waals surface area contributed by atoms with Crippen LogP contribution in [-0.2, 0) is 9.47 Å². The van der Waals surface area contributed by atoms with Gasteiger partial charge in [0.15, 0.2) is 0 Å². The minimum atomic E-state index is 0.583. The van der Waals surface area contributed by atoms with Crippen molar-refractivity contribution in [3.05, 3.63) is 45.7 Å². The lowest BCUT2D eigenvalue weighted by Gasteiger charge is -1.50. The first-order valence-corrected chi connectivity index (χ1v) is 4.41. The van der Waals surface area contributed by atoms with Gasteiger partial charge in [-0.25, -0.2) is 0 Å². The Morgan fingerprint density at radius 3 is 1.25 bits per heavy atom. The molecule has 2 aliphatic rings. The second kappa shape index (κ2) is 37.4. The highest BCUT2D eigenvalue weighted by Gasteiger charge is 2.13. The molecule has 0 saturated carbocycles. The van der Waals surface area contributed by atoms with Gasteiger partial charge in [-0.3, -0.25) is 0 Å². The molecule has 0 spiro atoms.